The van der Waals surface area contributed by atoms with Crippen LogP contribution < -0.4 is 5.32 Å². The number of hydrogen-bond donors (Lipinski definition) is 1. The molecule has 1 amide bonds. The van der Waals surface area contributed by atoms with Crippen molar-refractivity contribution in [2.75, 3.05) is 0 Å². The Morgan fingerprint density at radius 1 is 1.28 bits per heavy atom. The summed E-state index contributed by atoms with van der Waals surface area (Å²) < 4.78 is 7.06. The predicted octanol–water partition coefficient (Wildman–Crippen LogP) is 3.77. The third kappa shape index (κ3) is 4.43. The maximum Gasteiger partial charge on any atom is 0.287 e. The van der Waals surface area contributed by atoms with Crippen LogP contribution in [-0.4, -0.2) is 20.7 Å². The molecule has 0 aliphatic carbocycles. The molecule has 6 nitrogen and oxygen atoms in total. The number of halogens is 1. The highest BCUT2D eigenvalue weighted by Gasteiger charge is 2.14. The van der Waals surface area contributed by atoms with E-state index < -0.39 is 0 Å². The van der Waals surface area contributed by atoms with Crippen LogP contribution >= 0.6 is 23.4 Å². The monoisotopic (exact) mass is 376 g/mol. The number of nitrogens with one attached hydrogen (secondary N) is 1. The van der Waals surface area contributed by atoms with E-state index in [2.05, 4.69) is 15.5 Å². The Morgan fingerprint density at radius 2 is 2.08 bits per heavy atom. The Hall–Kier alpha value is -2.25. The van der Waals surface area contributed by atoms with Crippen LogP contribution in [0.5, 0.6) is 0 Å². The minimum atomic E-state index is -0.272. The molecule has 0 unspecified atom stereocenters. The largest absolute Gasteiger partial charge is 0.459 e. The second-order valence-corrected chi connectivity index (χ2v) is 6.60. The first-order valence-corrected chi connectivity index (χ1v) is 9.14. The summed E-state index contributed by atoms with van der Waals surface area (Å²) in [5.41, 5.74) is 1.16. The summed E-state index contributed by atoms with van der Waals surface area (Å²) in [6.45, 7) is 3.04. The number of nitrogens with zero attached hydrogens (tertiary/aromatic N) is 3. The zero-order valence-corrected chi connectivity index (χ0v) is 15.2. The fourth-order valence-electron chi connectivity index (χ4n) is 2.26. The molecule has 0 saturated carbocycles. The third-order valence-electron chi connectivity index (χ3n) is 3.54. The molecule has 25 heavy (non-hydrogen) atoms. The molecule has 0 fully saturated rings. The molecule has 0 spiro atoms. The van der Waals surface area contributed by atoms with Gasteiger partial charge in [-0.05, 0) is 36.8 Å². The minimum absolute atomic E-state index is 0.272. The Balaban J connectivity index is 1.62. The van der Waals surface area contributed by atoms with Crippen molar-refractivity contribution < 1.29 is 9.21 Å². The van der Waals surface area contributed by atoms with Crippen molar-refractivity contribution in [3.63, 3.8) is 0 Å². The zero-order chi connectivity index (χ0) is 17.6. The van der Waals surface area contributed by atoms with E-state index >= 15 is 0 Å². The van der Waals surface area contributed by atoms with Crippen molar-refractivity contribution in [2.24, 2.45) is 0 Å². The topological polar surface area (TPSA) is 73.0 Å². The van der Waals surface area contributed by atoms with Crippen molar-refractivity contribution in [1.29, 1.82) is 0 Å². The minimum Gasteiger partial charge on any atom is -0.459 e. The van der Waals surface area contributed by atoms with E-state index in [4.69, 9.17) is 16.0 Å². The van der Waals surface area contributed by atoms with Gasteiger partial charge in [0.1, 0.15) is 0 Å². The molecular formula is C17H17ClN4O2S. The van der Waals surface area contributed by atoms with Crippen LogP contribution in [0.3, 0.4) is 0 Å². The first-order valence-electron chi connectivity index (χ1n) is 7.78. The quantitative estimate of drug-likeness (QED) is 0.635. The highest BCUT2D eigenvalue weighted by molar-refractivity contribution is 7.98. The van der Waals surface area contributed by atoms with Crippen LogP contribution in [0.25, 0.3) is 0 Å². The molecule has 2 aromatic heterocycles. The van der Waals surface area contributed by atoms with Gasteiger partial charge in [0.05, 0.1) is 12.8 Å². The molecule has 0 saturated heterocycles. The second kappa shape index (κ2) is 8.22. The van der Waals surface area contributed by atoms with Crippen LogP contribution in [0.4, 0.5) is 0 Å². The van der Waals surface area contributed by atoms with Crippen molar-refractivity contribution in [2.45, 2.75) is 30.9 Å². The summed E-state index contributed by atoms with van der Waals surface area (Å²) in [7, 11) is 0. The van der Waals surface area contributed by atoms with Crippen molar-refractivity contribution in [3.8, 4) is 0 Å². The van der Waals surface area contributed by atoms with Gasteiger partial charge in [-0.3, -0.25) is 4.79 Å². The van der Waals surface area contributed by atoms with E-state index in [1.807, 2.05) is 35.8 Å². The molecule has 3 rings (SSSR count). The van der Waals surface area contributed by atoms with Gasteiger partial charge in [-0.25, -0.2) is 0 Å². The van der Waals surface area contributed by atoms with Crippen molar-refractivity contribution in [3.05, 3.63) is 64.8 Å². The molecule has 1 N–H and O–H groups in total. The maximum absolute atomic E-state index is 11.9. The van der Waals surface area contributed by atoms with E-state index in [9.17, 15) is 4.79 Å². The number of carbonyl (C=O) groups is 1. The normalized spacial score (nSPS) is 10.8. The lowest BCUT2D eigenvalue weighted by Gasteiger charge is -2.08. The average Bonchev–Trinajstić information content (AvgIpc) is 3.29. The number of rotatable bonds is 7. The summed E-state index contributed by atoms with van der Waals surface area (Å²) in [4.78, 5) is 11.9. The van der Waals surface area contributed by atoms with Gasteiger partial charge in [-0.2, -0.15) is 0 Å². The van der Waals surface area contributed by atoms with E-state index in [0.717, 1.165) is 28.0 Å². The molecule has 0 aliphatic rings. The number of furan rings is 1. The zero-order valence-electron chi connectivity index (χ0n) is 13.6. The summed E-state index contributed by atoms with van der Waals surface area (Å²) >= 11 is 7.50. The first-order chi connectivity index (χ1) is 12.2. The van der Waals surface area contributed by atoms with E-state index in [0.29, 0.717) is 12.4 Å². The van der Waals surface area contributed by atoms with Crippen LogP contribution in [0, 0.1) is 0 Å². The maximum atomic E-state index is 11.9. The average molecular weight is 377 g/mol. The van der Waals surface area contributed by atoms with Gasteiger partial charge in [0.25, 0.3) is 5.91 Å². The molecule has 0 atom stereocenters. The predicted molar refractivity (Wildman–Crippen MR) is 96.6 cm³/mol. The van der Waals surface area contributed by atoms with Crippen LogP contribution in [0.1, 0.15) is 28.9 Å². The molecule has 0 bridgehead atoms. The summed E-state index contributed by atoms with van der Waals surface area (Å²) in [6, 6.07) is 11.0. The lowest BCUT2D eigenvalue weighted by Crippen LogP contribution is -2.24. The molecule has 1 aromatic carbocycles. The van der Waals surface area contributed by atoms with Crippen LogP contribution in [-0.2, 0) is 18.8 Å². The molecule has 0 radical (unpaired) electrons. The van der Waals surface area contributed by atoms with Gasteiger partial charge in [-0.1, -0.05) is 35.5 Å². The second-order valence-electron chi connectivity index (χ2n) is 5.22. The van der Waals surface area contributed by atoms with Crippen LogP contribution in [0.2, 0.25) is 5.02 Å². The van der Waals surface area contributed by atoms with E-state index in [1.165, 1.54) is 6.26 Å². The van der Waals surface area contributed by atoms with Gasteiger partial charge in [0, 0.05) is 17.3 Å². The number of amides is 1. The number of benzene rings is 1. The fraction of sp³-hybridized carbons (Fsp3) is 0.235. The highest BCUT2D eigenvalue weighted by atomic mass is 35.5. The molecule has 2 heterocycles. The van der Waals surface area contributed by atoms with Crippen LogP contribution in [0.15, 0.2) is 52.2 Å². The molecular weight excluding hydrogens is 360 g/mol. The van der Waals surface area contributed by atoms with Crippen molar-refractivity contribution in [1.82, 2.24) is 20.1 Å². The highest BCUT2D eigenvalue weighted by Crippen LogP contribution is 2.23. The smallest absolute Gasteiger partial charge is 0.287 e. The summed E-state index contributed by atoms with van der Waals surface area (Å²) in [5.74, 6) is 1.49. The number of aromatic nitrogens is 3. The van der Waals surface area contributed by atoms with Gasteiger partial charge in [0.2, 0.25) is 0 Å². The number of hydrogen-bond acceptors (Lipinski definition) is 5. The fourth-order valence-corrected chi connectivity index (χ4v) is 3.36. The number of thioether (sulfide) groups is 1. The molecule has 0 aliphatic heterocycles. The third-order valence-corrected chi connectivity index (χ3v) is 4.83. The van der Waals surface area contributed by atoms with Gasteiger partial charge in [-0.15, -0.1) is 10.2 Å². The summed E-state index contributed by atoms with van der Waals surface area (Å²) in [6.07, 6.45) is 1.47. The first kappa shape index (κ1) is 17.6. The molecule has 3 aromatic rings. The Kier molecular flexibility index (Phi) is 5.78. The summed E-state index contributed by atoms with van der Waals surface area (Å²) in [5, 5.41) is 12.8. The van der Waals surface area contributed by atoms with E-state index in [1.54, 1.807) is 23.9 Å². The van der Waals surface area contributed by atoms with E-state index in [-0.39, 0.29) is 11.7 Å². The number of carbonyl (C=O) groups excluding carboxylic acids is 1. The molecule has 8 heteroatoms. The Morgan fingerprint density at radius 3 is 2.76 bits per heavy atom. The Labute approximate surface area is 154 Å². The lowest BCUT2D eigenvalue weighted by molar-refractivity contribution is 0.0921. The Bertz CT molecular complexity index is 831. The van der Waals surface area contributed by atoms with Gasteiger partial charge in [0.15, 0.2) is 16.7 Å². The van der Waals surface area contributed by atoms with Gasteiger partial charge < -0.3 is 14.3 Å². The van der Waals surface area contributed by atoms with Gasteiger partial charge >= 0.3 is 0 Å². The standard InChI is InChI=1S/C17H17ClN4O2S/c1-2-22-15(10-19-16(23)14-4-3-9-24-14)20-21-17(22)25-11-12-5-7-13(18)8-6-12/h3-9H,2,10-11H2,1H3,(H,19,23). The molecule has 130 valence electrons. The SMILES string of the molecule is CCn1c(CNC(=O)c2ccco2)nnc1SCc1ccc(Cl)cc1. The lowest BCUT2D eigenvalue weighted by atomic mass is 10.2. The van der Waals surface area contributed by atoms with Crippen molar-refractivity contribution >= 4 is 29.3 Å².